The van der Waals surface area contributed by atoms with E-state index in [-0.39, 0.29) is 0 Å². The molecule has 2 aliphatic rings. The molecule has 7 heavy (non-hydrogen) atoms. The van der Waals surface area contributed by atoms with Gasteiger partial charge in [0.2, 0.25) is 0 Å². The van der Waals surface area contributed by atoms with Crippen LogP contribution in [0, 0.1) is 11.8 Å². The van der Waals surface area contributed by atoms with Crippen LogP contribution in [0.15, 0.2) is 12.2 Å². The number of hydrogen-bond donors (Lipinski definition) is 0. The third-order valence-electron chi connectivity index (χ3n) is 2.36. The fourth-order valence-electron chi connectivity index (χ4n) is 1.78. The van der Waals surface area contributed by atoms with Gasteiger partial charge in [-0.05, 0) is 24.7 Å². The SMILES string of the molecule is C=C1C2CCC[C@@H]12. The maximum Gasteiger partial charge on any atom is -0.0137 e. The van der Waals surface area contributed by atoms with Crippen molar-refractivity contribution >= 4 is 0 Å². The lowest BCUT2D eigenvalue weighted by atomic mass is 10.2. The molecule has 0 amide bonds. The maximum absolute atomic E-state index is 3.95. The van der Waals surface area contributed by atoms with Crippen LogP contribution in [0.2, 0.25) is 0 Å². The lowest BCUT2D eigenvalue weighted by Crippen LogP contribution is -1.67. The summed E-state index contributed by atoms with van der Waals surface area (Å²) in [7, 11) is 0. The molecule has 2 fully saturated rings. The van der Waals surface area contributed by atoms with Crippen molar-refractivity contribution in [2.45, 2.75) is 19.3 Å². The molecule has 0 spiro atoms. The molecular formula is C7H10. The summed E-state index contributed by atoms with van der Waals surface area (Å²) in [5.74, 6) is 1.97. The average molecular weight is 94.2 g/mol. The molecule has 0 aromatic rings. The maximum atomic E-state index is 3.95. The Labute approximate surface area is 44.2 Å². The standard InChI is InChI=1S/C7H10/c1-5-6-3-2-4-7(5)6/h6-7H,1-4H2/t6-,7?/m0/s1. The highest BCUT2D eigenvalue weighted by Crippen LogP contribution is 2.55. The number of fused-ring (bicyclic) bond motifs is 1. The molecule has 0 nitrogen and oxygen atoms in total. The van der Waals surface area contributed by atoms with Gasteiger partial charge >= 0.3 is 0 Å². The van der Waals surface area contributed by atoms with E-state index >= 15 is 0 Å². The molecule has 2 rings (SSSR count). The molecule has 0 aliphatic heterocycles. The van der Waals surface area contributed by atoms with Crippen molar-refractivity contribution < 1.29 is 0 Å². The van der Waals surface area contributed by atoms with Gasteiger partial charge in [-0.15, -0.1) is 0 Å². The highest BCUT2D eigenvalue weighted by molar-refractivity contribution is 5.28. The predicted molar refractivity (Wildman–Crippen MR) is 30.0 cm³/mol. The summed E-state index contributed by atoms with van der Waals surface area (Å²) < 4.78 is 0. The topological polar surface area (TPSA) is 0 Å². The minimum absolute atomic E-state index is 0.986. The summed E-state index contributed by atoms with van der Waals surface area (Å²) in [6.45, 7) is 3.95. The lowest BCUT2D eigenvalue weighted by molar-refractivity contribution is 0.794. The summed E-state index contributed by atoms with van der Waals surface area (Å²) >= 11 is 0. The van der Waals surface area contributed by atoms with Gasteiger partial charge in [0.25, 0.3) is 0 Å². The van der Waals surface area contributed by atoms with E-state index in [2.05, 4.69) is 6.58 Å². The van der Waals surface area contributed by atoms with Gasteiger partial charge in [-0.2, -0.15) is 0 Å². The van der Waals surface area contributed by atoms with E-state index in [9.17, 15) is 0 Å². The fourth-order valence-corrected chi connectivity index (χ4v) is 1.78. The summed E-state index contributed by atoms with van der Waals surface area (Å²) in [4.78, 5) is 0. The zero-order chi connectivity index (χ0) is 4.85. The van der Waals surface area contributed by atoms with Crippen molar-refractivity contribution in [3.05, 3.63) is 12.2 Å². The van der Waals surface area contributed by atoms with Crippen LogP contribution < -0.4 is 0 Å². The Morgan fingerprint density at radius 3 is 2.14 bits per heavy atom. The Balaban J connectivity index is 2.19. The highest BCUT2D eigenvalue weighted by Gasteiger charge is 2.45. The smallest absolute Gasteiger partial charge is 0.0137 e. The van der Waals surface area contributed by atoms with E-state index < -0.39 is 0 Å². The Bertz CT molecular complexity index is 101. The van der Waals surface area contributed by atoms with Gasteiger partial charge in [-0.1, -0.05) is 18.6 Å². The highest BCUT2D eigenvalue weighted by atomic mass is 14.5. The summed E-state index contributed by atoms with van der Waals surface area (Å²) in [5, 5.41) is 0. The molecular weight excluding hydrogens is 84.1 g/mol. The van der Waals surface area contributed by atoms with Crippen molar-refractivity contribution in [2.24, 2.45) is 11.8 Å². The molecule has 0 N–H and O–H groups in total. The quantitative estimate of drug-likeness (QED) is 0.402. The van der Waals surface area contributed by atoms with E-state index in [0.29, 0.717) is 0 Å². The number of hydrogen-bond acceptors (Lipinski definition) is 0. The lowest BCUT2D eigenvalue weighted by Gasteiger charge is -1.84. The van der Waals surface area contributed by atoms with Crippen molar-refractivity contribution in [2.75, 3.05) is 0 Å². The van der Waals surface area contributed by atoms with Crippen molar-refractivity contribution in [3.8, 4) is 0 Å². The molecule has 0 radical (unpaired) electrons. The van der Waals surface area contributed by atoms with Crippen molar-refractivity contribution in [1.29, 1.82) is 0 Å². The number of rotatable bonds is 0. The molecule has 2 aliphatic carbocycles. The van der Waals surface area contributed by atoms with Crippen molar-refractivity contribution in [3.63, 3.8) is 0 Å². The van der Waals surface area contributed by atoms with E-state index in [1.54, 1.807) is 5.57 Å². The first-order chi connectivity index (χ1) is 3.39. The fraction of sp³-hybridized carbons (Fsp3) is 0.714. The van der Waals surface area contributed by atoms with Crippen LogP contribution in [0.25, 0.3) is 0 Å². The second kappa shape index (κ2) is 0.936. The third kappa shape index (κ3) is 0.324. The largest absolute Gasteiger partial charge is 0.0993 e. The van der Waals surface area contributed by atoms with Gasteiger partial charge < -0.3 is 0 Å². The third-order valence-corrected chi connectivity index (χ3v) is 2.36. The van der Waals surface area contributed by atoms with Crippen LogP contribution in [0.1, 0.15) is 19.3 Å². The molecule has 0 heteroatoms. The van der Waals surface area contributed by atoms with Crippen molar-refractivity contribution in [1.82, 2.24) is 0 Å². The summed E-state index contributed by atoms with van der Waals surface area (Å²) in [6, 6.07) is 0. The molecule has 0 bridgehead atoms. The Morgan fingerprint density at radius 1 is 1.29 bits per heavy atom. The Morgan fingerprint density at radius 2 is 1.86 bits per heavy atom. The molecule has 0 saturated heterocycles. The van der Waals surface area contributed by atoms with Gasteiger partial charge in [0.1, 0.15) is 0 Å². The number of allylic oxidation sites excluding steroid dienone is 1. The zero-order valence-electron chi connectivity index (χ0n) is 4.48. The van der Waals surface area contributed by atoms with Gasteiger partial charge in [-0.3, -0.25) is 0 Å². The normalized spacial score (nSPS) is 46.6. The van der Waals surface area contributed by atoms with Crippen LogP contribution >= 0.6 is 0 Å². The molecule has 0 aromatic heterocycles. The first-order valence-electron chi connectivity index (χ1n) is 3.08. The molecule has 2 atom stereocenters. The van der Waals surface area contributed by atoms with Crippen LogP contribution in [-0.4, -0.2) is 0 Å². The Kier molecular flexibility index (Phi) is 0.495. The van der Waals surface area contributed by atoms with Crippen LogP contribution in [0.5, 0.6) is 0 Å². The molecule has 1 unspecified atom stereocenters. The second-order valence-corrected chi connectivity index (χ2v) is 2.72. The monoisotopic (exact) mass is 94.1 g/mol. The van der Waals surface area contributed by atoms with Crippen LogP contribution in [0.3, 0.4) is 0 Å². The summed E-state index contributed by atoms with van der Waals surface area (Å²) in [6.07, 6.45) is 4.36. The molecule has 2 saturated carbocycles. The van der Waals surface area contributed by atoms with E-state index in [4.69, 9.17) is 0 Å². The van der Waals surface area contributed by atoms with E-state index in [1.807, 2.05) is 0 Å². The van der Waals surface area contributed by atoms with E-state index in [1.165, 1.54) is 19.3 Å². The molecule has 0 aromatic carbocycles. The minimum atomic E-state index is 0.986. The zero-order valence-corrected chi connectivity index (χ0v) is 4.48. The minimum Gasteiger partial charge on any atom is -0.0993 e. The van der Waals surface area contributed by atoms with Gasteiger partial charge in [0, 0.05) is 0 Å². The average Bonchev–Trinajstić information content (AvgIpc) is 2.26. The predicted octanol–water partition coefficient (Wildman–Crippen LogP) is 1.97. The van der Waals surface area contributed by atoms with Crippen LogP contribution in [-0.2, 0) is 0 Å². The van der Waals surface area contributed by atoms with Crippen LogP contribution in [0.4, 0.5) is 0 Å². The Hall–Kier alpha value is -0.260. The second-order valence-electron chi connectivity index (χ2n) is 2.72. The first kappa shape index (κ1) is 3.71. The van der Waals surface area contributed by atoms with Gasteiger partial charge in [0.05, 0.1) is 0 Å². The van der Waals surface area contributed by atoms with Gasteiger partial charge in [-0.25, -0.2) is 0 Å². The summed E-state index contributed by atoms with van der Waals surface area (Å²) in [5.41, 5.74) is 1.55. The molecule has 0 heterocycles. The van der Waals surface area contributed by atoms with E-state index in [0.717, 1.165) is 11.8 Å². The van der Waals surface area contributed by atoms with Gasteiger partial charge in [0.15, 0.2) is 0 Å². The molecule has 38 valence electrons. The first-order valence-corrected chi connectivity index (χ1v) is 3.08.